The Morgan fingerprint density at radius 1 is 1.27 bits per heavy atom. The number of nitrogens with zero attached hydrogens (tertiary/aromatic N) is 1. The van der Waals surface area contributed by atoms with E-state index in [1.165, 1.54) is 12.8 Å². The Hall–Kier alpha value is -0.120. The van der Waals surface area contributed by atoms with Gasteiger partial charge < -0.3 is 10.1 Å². The zero-order valence-corrected chi connectivity index (χ0v) is 10.2. The third-order valence-corrected chi connectivity index (χ3v) is 4.00. The van der Waals surface area contributed by atoms with Crippen LogP contribution >= 0.6 is 0 Å². The summed E-state index contributed by atoms with van der Waals surface area (Å²) < 4.78 is 5.86. The molecule has 15 heavy (non-hydrogen) atoms. The van der Waals surface area contributed by atoms with Crippen LogP contribution in [-0.4, -0.2) is 49.8 Å². The number of ether oxygens (including phenoxy) is 1. The van der Waals surface area contributed by atoms with Gasteiger partial charge in [0.15, 0.2) is 0 Å². The second kappa shape index (κ2) is 4.81. The predicted octanol–water partition coefficient (Wildman–Crippen LogP) is 1.09. The van der Waals surface area contributed by atoms with Gasteiger partial charge in [-0.2, -0.15) is 0 Å². The number of morpholine rings is 1. The smallest absolute Gasteiger partial charge is 0.0707 e. The van der Waals surface area contributed by atoms with E-state index in [-0.39, 0.29) is 0 Å². The molecule has 0 spiro atoms. The Labute approximate surface area is 93.2 Å². The molecular weight excluding hydrogens is 188 g/mol. The van der Waals surface area contributed by atoms with E-state index in [1.54, 1.807) is 0 Å². The van der Waals surface area contributed by atoms with Crippen molar-refractivity contribution in [2.75, 3.05) is 26.7 Å². The van der Waals surface area contributed by atoms with E-state index >= 15 is 0 Å². The van der Waals surface area contributed by atoms with Crippen LogP contribution in [-0.2, 0) is 4.74 Å². The fraction of sp³-hybridized carbons (Fsp3) is 1.00. The van der Waals surface area contributed by atoms with Crippen LogP contribution in [0.15, 0.2) is 0 Å². The molecule has 4 atom stereocenters. The standard InChI is InChI=1S/C12H24N2O/c1-9(6-13-3)10(2)14-7-11-4-5-12(8-14)15-11/h9-13H,4-8H2,1-3H3. The van der Waals surface area contributed by atoms with Crippen LogP contribution in [0.25, 0.3) is 0 Å². The molecule has 2 saturated heterocycles. The molecule has 2 aliphatic rings. The van der Waals surface area contributed by atoms with Crippen molar-refractivity contribution in [3.63, 3.8) is 0 Å². The fourth-order valence-electron chi connectivity index (χ4n) is 2.83. The molecule has 2 bridgehead atoms. The van der Waals surface area contributed by atoms with Gasteiger partial charge in [0.05, 0.1) is 12.2 Å². The van der Waals surface area contributed by atoms with Crippen molar-refractivity contribution in [1.29, 1.82) is 0 Å². The largest absolute Gasteiger partial charge is 0.372 e. The van der Waals surface area contributed by atoms with E-state index < -0.39 is 0 Å². The summed E-state index contributed by atoms with van der Waals surface area (Å²) in [5, 5.41) is 3.27. The number of hydrogen-bond acceptors (Lipinski definition) is 3. The average molecular weight is 212 g/mol. The van der Waals surface area contributed by atoms with Crippen LogP contribution < -0.4 is 5.32 Å². The van der Waals surface area contributed by atoms with Gasteiger partial charge in [-0.1, -0.05) is 6.92 Å². The van der Waals surface area contributed by atoms with Gasteiger partial charge in [0.25, 0.3) is 0 Å². The maximum absolute atomic E-state index is 5.86. The van der Waals surface area contributed by atoms with Crippen LogP contribution in [0.3, 0.4) is 0 Å². The highest BCUT2D eigenvalue weighted by molar-refractivity contribution is 4.88. The lowest BCUT2D eigenvalue weighted by Crippen LogP contribution is -2.50. The topological polar surface area (TPSA) is 24.5 Å². The predicted molar refractivity (Wildman–Crippen MR) is 62.0 cm³/mol. The van der Waals surface area contributed by atoms with Crippen molar-refractivity contribution in [1.82, 2.24) is 10.2 Å². The first-order valence-electron chi connectivity index (χ1n) is 6.24. The molecule has 3 heteroatoms. The van der Waals surface area contributed by atoms with Crippen molar-refractivity contribution in [2.45, 2.75) is 44.9 Å². The summed E-state index contributed by atoms with van der Waals surface area (Å²) in [5.41, 5.74) is 0. The Bertz CT molecular complexity index is 198. The van der Waals surface area contributed by atoms with Gasteiger partial charge in [0, 0.05) is 19.1 Å². The molecule has 0 aromatic rings. The monoisotopic (exact) mass is 212 g/mol. The number of rotatable bonds is 4. The first-order valence-corrected chi connectivity index (χ1v) is 6.24. The van der Waals surface area contributed by atoms with Crippen LogP contribution in [0.4, 0.5) is 0 Å². The Morgan fingerprint density at radius 3 is 2.40 bits per heavy atom. The molecule has 0 aromatic heterocycles. The van der Waals surface area contributed by atoms with Gasteiger partial charge in [-0.15, -0.1) is 0 Å². The normalized spacial score (nSPS) is 35.4. The molecule has 4 unspecified atom stereocenters. The molecule has 0 radical (unpaired) electrons. The number of likely N-dealkylation sites (tertiary alicyclic amines) is 1. The zero-order chi connectivity index (χ0) is 10.8. The Morgan fingerprint density at radius 2 is 1.87 bits per heavy atom. The van der Waals surface area contributed by atoms with E-state index in [0.29, 0.717) is 24.2 Å². The quantitative estimate of drug-likeness (QED) is 0.755. The van der Waals surface area contributed by atoms with E-state index in [2.05, 4.69) is 24.1 Å². The summed E-state index contributed by atoms with van der Waals surface area (Å²) in [5.74, 6) is 0.715. The van der Waals surface area contributed by atoms with E-state index in [4.69, 9.17) is 4.74 Å². The lowest BCUT2D eigenvalue weighted by atomic mass is 10.0. The van der Waals surface area contributed by atoms with Crippen LogP contribution in [0.1, 0.15) is 26.7 Å². The molecule has 0 aromatic carbocycles. The number of nitrogens with one attached hydrogen (secondary N) is 1. The highest BCUT2D eigenvalue weighted by Crippen LogP contribution is 2.28. The molecular formula is C12H24N2O. The summed E-state index contributed by atoms with van der Waals surface area (Å²) in [6.07, 6.45) is 3.59. The van der Waals surface area contributed by atoms with Gasteiger partial charge in [-0.05, 0) is 39.3 Å². The molecule has 3 nitrogen and oxygen atoms in total. The van der Waals surface area contributed by atoms with Gasteiger partial charge in [-0.3, -0.25) is 4.90 Å². The molecule has 2 aliphatic heterocycles. The first kappa shape index (κ1) is 11.4. The van der Waals surface area contributed by atoms with Crippen molar-refractivity contribution in [3.8, 4) is 0 Å². The molecule has 2 rings (SSSR count). The van der Waals surface area contributed by atoms with Crippen molar-refractivity contribution >= 4 is 0 Å². The van der Waals surface area contributed by atoms with E-state index in [1.807, 2.05) is 7.05 Å². The molecule has 0 aliphatic carbocycles. The SMILES string of the molecule is CNCC(C)C(C)N1CC2CCC(C1)O2. The highest BCUT2D eigenvalue weighted by Gasteiger charge is 2.36. The lowest BCUT2D eigenvalue weighted by Gasteiger charge is -2.39. The van der Waals surface area contributed by atoms with E-state index in [9.17, 15) is 0 Å². The summed E-state index contributed by atoms with van der Waals surface area (Å²) >= 11 is 0. The minimum Gasteiger partial charge on any atom is -0.372 e. The van der Waals surface area contributed by atoms with Crippen LogP contribution in [0, 0.1) is 5.92 Å². The molecule has 2 fully saturated rings. The van der Waals surface area contributed by atoms with Crippen LogP contribution in [0.5, 0.6) is 0 Å². The first-order chi connectivity index (χ1) is 7.20. The second-order valence-electron chi connectivity index (χ2n) is 5.19. The minimum absolute atomic E-state index is 0.521. The van der Waals surface area contributed by atoms with Gasteiger partial charge in [-0.25, -0.2) is 0 Å². The van der Waals surface area contributed by atoms with Gasteiger partial charge in [0.1, 0.15) is 0 Å². The van der Waals surface area contributed by atoms with Crippen molar-refractivity contribution < 1.29 is 4.74 Å². The number of hydrogen-bond donors (Lipinski definition) is 1. The molecule has 2 heterocycles. The van der Waals surface area contributed by atoms with Crippen molar-refractivity contribution in [2.24, 2.45) is 5.92 Å². The Kier molecular flexibility index (Phi) is 3.65. The zero-order valence-electron chi connectivity index (χ0n) is 10.2. The van der Waals surface area contributed by atoms with Gasteiger partial charge >= 0.3 is 0 Å². The maximum Gasteiger partial charge on any atom is 0.0707 e. The summed E-state index contributed by atoms with van der Waals surface area (Å²) in [7, 11) is 2.03. The summed E-state index contributed by atoms with van der Waals surface area (Å²) in [6, 6.07) is 0.671. The third-order valence-electron chi connectivity index (χ3n) is 4.00. The minimum atomic E-state index is 0.521. The van der Waals surface area contributed by atoms with Crippen LogP contribution in [0.2, 0.25) is 0 Å². The lowest BCUT2D eigenvalue weighted by molar-refractivity contribution is -0.0568. The molecule has 1 N–H and O–H groups in total. The maximum atomic E-state index is 5.86. The second-order valence-corrected chi connectivity index (χ2v) is 5.19. The molecule has 0 amide bonds. The molecule has 0 saturated carbocycles. The summed E-state index contributed by atoms with van der Waals surface area (Å²) in [6.45, 7) is 8.08. The molecule has 88 valence electrons. The van der Waals surface area contributed by atoms with E-state index in [0.717, 1.165) is 19.6 Å². The Balaban J connectivity index is 1.87. The highest BCUT2D eigenvalue weighted by atomic mass is 16.5. The average Bonchev–Trinajstić information content (AvgIpc) is 2.57. The van der Waals surface area contributed by atoms with Crippen molar-refractivity contribution in [3.05, 3.63) is 0 Å². The summed E-state index contributed by atoms with van der Waals surface area (Å²) in [4.78, 5) is 2.62. The third kappa shape index (κ3) is 2.52. The fourth-order valence-corrected chi connectivity index (χ4v) is 2.83. The number of fused-ring (bicyclic) bond motifs is 2. The van der Waals surface area contributed by atoms with Gasteiger partial charge in [0.2, 0.25) is 0 Å².